The van der Waals surface area contributed by atoms with Crippen LogP contribution in [0.2, 0.25) is 0 Å². The highest BCUT2D eigenvalue weighted by Crippen LogP contribution is 2.29. The fraction of sp³-hybridized carbons (Fsp3) is 0.610. The van der Waals surface area contributed by atoms with Gasteiger partial charge in [-0.3, -0.25) is 19.2 Å². The molecule has 53 heavy (non-hydrogen) atoms. The Hall–Kier alpha value is -3.83. The number of unbranched alkanes of at least 4 members (excludes halogenated alkanes) is 14. The van der Waals surface area contributed by atoms with Crippen molar-refractivity contribution >= 4 is 23.6 Å². The lowest BCUT2D eigenvalue weighted by atomic mass is 10.0. The second-order valence-corrected chi connectivity index (χ2v) is 13.6. The zero-order chi connectivity index (χ0) is 39.0. The molecule has 1 atom stereocenters. The van der Waals surface area contributed by atoms with Crippen LogP contribution >= 0.6 is 0 Å². The van der Waals surface area contributed by atoms with Gasteiger partial charge in [0.25, 0.3) is 0 Å². The summed E-state index contributed by atoms with van der Waals surface area (Å²) in [6.07, 6.45) is 14.9. The van der Waals surface area contributed by atoms with Gasteiger partial charge in [-0.1, -0.05) is 121 Å². The normalized spacial score (nSPS) is 11.7. The molecule has 0 aliphatic heterocycles. The average molecular weight is 754 g/mol. The van der Waals surface area contributed by atoms with E-state index < -0.39 is 59.1 Å². The van der Waals surface area contributed by atoms with E-state index in [-0.39, 0.29) is 37.9 Å². The van der Waals surface area contributed by atoms with Crippen molar-refractivity contribution in [2.24, 2.45) is 0 Å². The molecule has 0 heterocycles. The third kappa shape index (κ3) is 17.2. The van der Waals surface area contributed by atoms with E-state index >= 15 is 0 Å². The highest BCUT2D eigenvalue weighted by atomic mass is 19.2. The first-order chi connectivity index (χ1) is 25.5. The van der Waals surface area contributed by atoms with Crippen molar-refractivity contribution in [1.29, 1.82) is 0 Å². The van der Waals surface area contributed by atoms with Gasteiger partial charge in [-0.05, 0) is 38.2 Å². The smallest absolute Gasteiger partial charge is 0.311 e. The second kappa shape index (κ2) is 26.0. The van der Waals surface area contributed by atoms with Crippen LogP contribution in [0.3, 0.4) is 0 Å². The maximum absolute atomic E-state index is 14.1. The van der Waals surface area contributed by atoms with E-state index in [1.54, 1.807) is 0 Å². The molecule has 0 saturated carbocycles. The average Bonchev–Trinajstić information content (AvgIpc) is 3.15. The number of Topliss-reactive ketones (excluding diaryl/α,β-unsaturated/α-hetero) is 1. The molecule has 2 rings (SSSR count). The van der Waals surface area contributed by atoms with Crippen molar-refractivity contribution in [2.75, 3.05) is 6.54 Å². The van der Waals surface area contributed by atoms with Gasteiger partial charge in [0.15, 0.2) is 5.78 Å². The minimum absolute atomic E-state index is 0.184. The SMILES string of the molecule is CCCCCCCCCCCN(C(=O)CCCCCCCCCC(=O)OCc1ccccc1)[C@@H](CCC(=O)Oc1c(F)c(F)c(F)c(F)c1F)C(C)=O. The number of nitrogens with zero attached hydrogens (tertiary/aromatic N) is 1. The van der Waals surface area contributed by atoms with Crippen LogP contribution in [0.4, 0.5) is 22.0 Å². The molecular weight excluding hydrogens is 697 g/mol. The summed E-state index contributed by atoms with van der Waals surface area (Å²) in [6, 6.07) is 8.47. The number of carbonyl (C=O) groups excluding carboxylic acids is 4. The van der Waals surface area contributed by atoms with Crippen LogP contribution in [0.25, 0.3) is 0 Å². The molecule has 0 spiro atoms. The van der Waals surface area contributed by atoms with Crippen molar-refractivity contribution in [3.8, 4) is 5.75 Å². The maximum Gasteiger partial charge on any atom is 0.311 e. The third-order valence-corrected chi connectivity index (χ3v) is 9.19. The molecule has 12 heteroatoms. The summed E-state index contributed by atoms with van der Waals surface area (Å²) in [7, 11) is 0. The van der Waals surface area contributed by atoms with Crippen LogP contribution in [0, 0.1) is 29.1 Å². The number of hydrogen-bond acceptors (Lipinski definition) is 6. The lowest BCUT2D eigenvalue weighted by molar-refractivity contribution is -0.145. The highest BCUT2D eigenvalue weighted by molar-refractivity contribution is 5.88. The monoisotopic (exact) mass is 753 g/mol. The Bertz CT molecular complexity index is 1390. The summed E-state index contributed by atoms with van der Waals surface area (Å²) in [6.45, 7) is 3.98. The van der Waals surface area contributed by atoms with E-state index in [2.05, 4.69) is 11.7 Å². The van der Waals surface area contributed by atoms with Crippen LogP contribution in [0.15, 0.2) is 30.3 Å². The molecule has 0 aliphatic rings. The predicted molar refractivity (Wildman–Crippen MR) is 192 cm³/mol. The largest absolute Gasteiger partial charge is 0.461 e. The number of ketones is 1. The lowest BCUT2D eigenvalue weighted by Crippen LogP contribution is -2.45. The molecule has 296 valence electrons. The molecule has 1 amide bonds. The van der Waals surface area contributed by atoms with Gasteiger partial charge in [-0.15, -0.1) is 0 Å². The van der Waals surface area contributed by atoms with E-state index in [0.29, 0.717) is 19.3 Å². The Morgan fingerprint density at radius 2 is 1.09 bits per heavy atom. The molecule has 7 nitrogen and oxygen atoms in total. The molecule has 0 fully saturated rings. The Balaban J connectivity index is 1.85. The van der Waals surface area contributed by atoms with Crippen molar-refractivity contribution in [3.05, 3.63) is 65.0 Å². The molecular formula is C41H56F5NO6. The number of rotatable bonds is 28. The number of benzene rings is 2. The van der Waals surface area contributed by atoms with E-state index in [9.17, 15) is 41.1 Å². The molecule has 0 aliphatic carbocycles. The van der Waals surface area contributed by atoms with Gasteiger partial charge in [-0.2, -0.15) is 8.78 Å². The number of esters is 2. The van der Waals surface area contributed by atoms with E-state index in [4.69, 9.17) is 4.74 Å². The first-order valence-electron chi connectivity index (χ1n) is 19.2. The molecule has 0 N–H and O–H groups in total. The molecule has 0 radical (unpaired) electrons. The fourth-order valence-corrected chi connectivity index (χ4v) is 6.10. The standard InChI is InChI=1S/C41H56F5NO6/c1-3-4-5-6-7-8-12-15-21-28-47(32(30(2)48)26-27-35(51)53-41-39(45)37(43)36(42)38(44)40(41)46)33(49)24-19-13-10-9-11-14-20-25-34(50)52-29-31-22-17-16-18-23-31/h16-18,22-23,32H,3-15,19-21,24-29H2,1-2H3/t32-/m0/s1. The number of halogens is 5. The first kappa shape index (κ1) is 45.3. The summed E-state index contributed by atoms with van der Waals surface area (Å²) >= 11 is 0. The topological polar surface area (TPSA) is 90.0 Å². The van der Waals surface area contributed by atoms with Gasteiger partial charge in [-0.25, -0.2) is 13.2 Å². The van der Waals surface area contributed by atoms with Crippen LogP contribution in [-0.2, 0) is 30.5 Å². The Labute approximate surface area is 311 Å². The Morgan fingerprint density at radius 1 is 0.604 bits per heavy atom. The number of amides is 1. The van der Waals surface area contributed by atoms with E-state index in [0.717, 1.165) is 69.8 Å². The summed E-state index contributed by atoms with van der Waals surface area (Å²) in [5.74, 6) is -15.3. The molecule has 2 aromatic rings. The quantitative estimate of drug-likeness (QED) is 0.0215. The van der Waals surface area contributed by atoms with Gasteiger partial charge in [0.1, 0.15) is 6.61 Å². The molecule has 0 unspecified atom stereocenters. The zero-order valence-corrected chi connectivity index (χ0v) is 31.3. The Kier molecular flexibility index (Phi) is 22.3. The van der Waals surface area contributed by atoms with Gasteiger partial charge in [0, 0.05) is 25.8 Å². The summed E-state index contributed by atoms with van der Waals surface area (Å²) < 4.78 is 78.5. The van der Waals surface area contributed by atoms with Gasteiger partial charge >= 0.3 is 11.9 Å². The van der Waals surface area contributed by atoms with Crippen molar-refractivity contribution in [2.45, 2.75) is 155 Å². The minimum atomic E-state index is -2.38. The minimum Gasteiger partial charge on any atom is -0.461 e. The predicted octanol–water partition coefficient (Wildman–Crippen LogP) is 10.6. The Morgan fingerprint density at radius 3 is 1.64 bits per heavy atom. The fourth-order valence-electron chi connectivity index (χ4n) is 6.10. The number of ether oxygens (including phenoxy) is 2. The third-order valence-electron chi connectivity index (χ3n) is 9.19. The zero-order valence-electron chi connectivity index (χ0n) is 31.3. The van der Waals surface area contributed by atoms with Gasteiger partial charge in [0.2, 0.25) is 40.7 Å². The van der Waals surface area contributed by atoms with Crippen molar-refractivity contribution < 1.29 is 50.6 Å². The molecule has 0 bridgehead atoms. The van der Waals surface area contributed by atoms with Gasteiger partial charge < -0.3 is 14.4 Å². The summed E-state index contributed by atoms with van der Waals surface area (Å²) in [5, 5.41) is 0. The maximum atomic E-state index is 14.1. The molecule has 0 aromatic heterocycles. The molecule has 2 aromatic carbocycles. The highest BCUT2D eigenvalue weighted by Gasteiger charge is 2.31. The van der Waals surface area contributed by atoms with Gasteiger partial charge in [0.05, 0.1) is 6.04 Å². The van der Waals surface area contributed by atoms with E-state index in [1.165, 1.54) is 37.5 Å². The van der Waals surface area contributed by atoms with Crippen LogP contribution in [0.1, 0.15) is 148 Å². The second-order valence-electron chi connectivity index (χ2n) is 13.6. The summed E-state index contributed by atoms with van der Waals surface area (Å²) in [4.78, 5) is 52.2. The van der Waals surface area contributed by atoms with Crippen LogP contribution < -0.4 is 4.74 Å². The number of hydrogen-bond donors (Lipinski definition) is 0. The molecule has 0 saturated heterocycles. The lowest BCUT2D eigenvalue weighted by Gasteiger charge is -2.30. The van der Waals surface area contributed by atoms with Crippen molar-refractivity contribution in [3.63, 3.8) is 0 Å². The summed E-state index contributed by atoms with van der Waals surface area (Å²) in [5.41, 5.74) is 0.944. The van der Waals surface area contributed by atoms with Crippen LogP contribution in [0.5, 0.6) is 5.75 Å². The first-order valence-corrected chi connectivity index (χ1v) is 19.2. The van der Waals surface area contributed by atoms with E-state index in [1.807, 2.05) is 30.3 Å². The van der Waals surface area contributed by atoms with Crippen molar-refractivity contribution in [1.82, 2.24) is 4.90 Å². The van der Waals surface area contributed by atoms with Crippen LogP contribution in [-0.4, -0.2) is 41.1 Å². The number of carbonyl (C=O) groups is 4.